The summed E-state index contributed by atoms with van der Waals surface area (Å²) in [5.74, 6) is 1.91. The molecule has 27 heavy (non-hydrogen) atoms. The minimum absolute atomic E-state index is 0.262. The van der Waals surface area contributed by atoms with E-state index in [2.05, 4.69) is 20.6 Å². The van der Waals surface area contributed by atoms with Crippen LogP contribution in [0.4, 0.5) is 27.5 Å². The number of hydrogen-bond acceptors (Lipinski definition) is 7. The Morgan fingerprint density at radius 3 is 2.22 bits per heavy atom. The van der Waals surface area contributed by atoms with Crippen LogP contribution in [-0.2, 0) is 0 Å². The number of ether oxygens (including phenoxy) is 3. The van der Waals surface area contributed by atoms with E-state index in [4.69, 9.17) is 14.2 Å². The molecule has 0 bridgehead atoms. The zero-order valence-electron chi connectivity index (χ0n) is 15.1. The number of hydrogen-bond donors (Lipinski definition) is 2. The van der Waals surface area contributed by atoms with Crippen LogP contribution in [0.15, 0.2) is 48.7 Å². The van der Waals surface area contributed by atoms with Gasteiger partial charge in [-0.25, -0.2) is 9.37 Å². The van der Waals surface area contributed by atoms with Crippen LogP contribution >= 0.6 is 0 Å². The smallest absolute Gasteiger partial charge is 0.229 e. The molecule has 0 aliphatic heterocycles. The van der Waals surface area contributed by atoms with E-state index in [1.165, 1.54) is 6.07 Å². The van der Waals surface area contributed by atoms with Gasteiger partial charge in [-0.1, -0.05) is 12.1 Å². The first-order valence-electron chi connectivity index (χ1n) is 8.06. The van der Waals surface area contributed by atoms with Crippen molar-refractivity contribution in [1.29, 1.82) is 0 Å². The standard InChI is InChI=1S/C19H19FN4O3/c1-25-15-10-12(11-16(26-2)18(15)27-3)22-17-8-9-21-19(24-17)23-14-7-5-4-6-13(14)20/h4-11H,1-3H3,(H2,21,22,23,24). The molecule has 0 amide bonds. The third kappa shape index (κ3) is 4.17. The fourth-order valence-electron chi connectivity index (χ4n) is 2.47. The number of methoxy groups -OCH3 is 3. The van der Waals surface area contributed by atoms with E-state index in [0.29, 0.717) is 34.4 Å². The van der Waals surface area contributed by atoms with Crippen molar-refractivity contribution in [2.75, 3.05) is 32.0 Å². The lowest BCUT2D eigenvalue weighted by Gasteiger charge is -2.15. The van der Waals surface area contributed by atoms with Gasteiger partial charge in [0.2, 0.25) is 11.7 Å². The van der Waals surface area contributed by atoms with Gasteiger partial charge >= 0.3 is 0 Å². The van der Waals surface area contributed by atoms with Crippen LogP contribution in [0.1, 0.15) is 0 Å². The quantitative estimate of drug-likeness (QED) is 0.647. The Bertz CT molecular complexity index is 911. The molecule has 0 unspecified atom stereocenters. The van der Waals surface area contributed by atoms with Crippen molar-refractivity contribution in [3.63, 3.8) is 0 Å². The van der Waals surface area contributed by atoms with Gasteiger partial charge in [0.15, 0.2) is 11.5 Å². The zero-order chi connectivity index (χ0) is 19.2. The second kappa shape index (κ2) is 8.22. The van der Waals surface area contributed by atoms with Gasteiger partial charge in [0.25, 0.3) is 0 Å². The number of nitrogens with zero attached hydrogens (tertiary/aromatic N) is 2. The Labute approximate surface area is 156 Å². The third-order valence-electron chi connectivity index (χ3n) is 3.71. The number of nitrogens with one attached hydrogen (secondary N) is 2. The predicted molar refractivity (Wildman–Crippen MR) is 101 cm³/mol. The van der Waals surface area contributed by atoms with Crippen molar-refractivity contribution in [1.82, 2.24) is 9.97 Å². The molecule has 140 valence electrons. The van der Waals surface area contributed by atoms with Crippen LogP contribution in [0.2, 0.25) is 0 Å². The summed E-state index contributed by atoms with van der Waals surface area (Å²) in [6.45, 7) is 0. The molecule has 7 nitrogen and oxygen atoms in total. The van der Waals surface area contributed by atoms with E-state index in [9.17, 15) is 4.39 Å². The van der Waals surface area contributed by atoms with Gasteiger partial charge in [-0.2, -0.15) is 4.98 Å². The van der Waals surface area contributed by atoms with Crippen molar-refractivity contribution in [2.45, 2.75) is 0 Å². The summed E-state index contributed by atoms with van der Waals surface area (Å²) in [5, 5.41) is 6.00. The summed E-state index contributed by atoms with van der Waals surface area (Å²) in [5.41, 5.74) is 0.975. The maximum absolute atomic E-state index is 13.8. The summed E-state index contributed by atoms with van der Waals surface area (Å²) < 4.78 is 29.8. The second-order valence-corrected chi connectivity index (χ2v) is 5.41. The highest BCUT2D eigenvalue weighted by molar-refractivity contribution is 5.67. The van der Waals surface area contributed by atoms with E-state index in [-0.39, 0.29) is 11.8 Å². The van der Waals surface area contributed by atoms with E-state index in [1.807, 2.05) is 0 Å². The lowest BCUT2D eigenvalue weighted by Crippen LogP contribution is -2.02. The lowest BCUT2D eigenvalue weighted by molar-refractivity contribution is 0.324. The first kappa shape index (κ1) is 18.2. The van der Waals surface area contributed by atoms with Gasteiger partial charge in [0, 0.05) is 24.0 Å². The molecule has 0 saturated carbocycles. The predicted octanol–water partition coefficient (Wildman–Crippen LogP) is 4.13. The number of rotatable bonds is 7. The van der Waals surface area contributed by atoms with Crippen molar-refractivity contribution in [3.8, 4) is 17.2 Å². The molecule has 0 aliphatic carbocycles. The van der Waals surface area contributed by atoms with Crippen molar-refractivity contribution in [2.24, 2.45) is 0 Å². The summed E-state index contributed by atoms with van der Waals surface area (Å²) in [6.07, 6.45) is 1.57. The topological polar surface area (TPSA) is 77.5 Å². The molecule has 0 radical (unpaired) electrons. The van der Waals surface area contributed by atoms with Crippen LogP contribution in [0.3, 0.4) is 0 Å². The summed E-state index contributed by atoms with van der Waals surface area (Å²) in [6, 6.07) is 11.5. The number of halogens is 1. The van der Waals surface area contributed by atoms with Crippen LogP contribution in [0.5, 0.6) is 17.2 Å². The number of anilines is 4. The Morgan fingerprint density at radius 1 is 0.889 bits per heavy atom. The van der Waals surface area contributed by atoms with E-state index < -0.39 is 0 Å². The molecule has 2 N–H and O–H groups in total. The minimum Gasteiger partial charge on any atom is -0.493 e. The highest BCUT2D eigenvalue weighted by Crippen LogP contribution is 2.40. The maximum atomic E-state index is 13.8. The molecule has 8 heteroatoms. The highest BCUT2D eigenvalue weighted by atomic mass is 19.1. The average molecular weight is 370 g/mol. The van der Waals surface area contributed by atoms with Gasteiger partial charge in [-0.05, 0) is 18.2 Å². The van der Waals surface area contributed by atoms with Crippen molar-refractivity contribution >= 4 is 23.1 Å². The number of aromatic nitrogens is 2. The average Bonchev–Trinajstić information content (AvgIpc) is 2.69. The molecular weight excluding hydrogens is 351 g/mol. The van der Waals surface area contributed by atoms with E-state index >= 15 is 0 Å². The van der Waals surface area contributed by atoms with Gasteiger partial charge < -0.3 is 24.8 Å². The Morgan fingerprint density at radius 2 is 1.59 bits per heavy atom. The van der Waals surface area contributed by atoms with Crippen LogP contribution in [0.25, 0.3) is 0 Å². The highest BCUT2D eigenvalue weighted by Gasteiger charge is 2.13. The van der Waals surface area contributed by atoms with Gasteiger partial charge in [-0.3, -0.25) is 0 Å². The lowest BCUT2D eigenvalue weighted by atomic mass is 10.2. The summed E-state index contributed by atoms with van der Waals surface area (Å²) in [7, 11) is 4.63. The van der Waals surface area contributed by atoms with Crippen LogP contribution in [-0.4, -0.2) is 31.3 Å². The van der Waals surface area contributed by atoms with Crippen LogP contribution in [0, 0.1) is 5.82 Å². The molecule has 0 spiro atoms. The first-order valence-corrected chi connectivity index (χ1v) is 8.06. The number of benzene rings is 2. The van der Waals surface area contributed by atoms with E-state index in [0.717, 1.165) is 0 Å². The Kier molecular flexibility index (Phi) is 5.55. The normalized spacial score (nSPS) is 10.2. The van der Waals surface area contributed by atoms with Crippen LogP contribution < -0.4 is 24.8 Å². The molecule has 3 rings (SSSR count). The fraction of sp³-hybridized carbons (Fsp3) is 0.158. The Balaban J connectivity index is 1.85. The Hall–Kier alpha value is -3.55. The third-order valence-corrected chi connectivity index (χ3v) is 3.71. The van der Waals surface area contributed by atoms with Gasteiger partial charge in [-0.15, -0.1) is 0 Å². The molecule has 0 fully saturated rings. The minimum atomic E-state index is -0.385. The van der Waals surface area contributed by atoms with Gasteiger partial charge in [0.1, 0.15) is 11.6 Å². The zero-order valence-corrected chi connectivity index (χ0v) is 15.1. The molecule has 1 heterocycles. The molecule has 3 aromatic rings. The molecule has 2 aromatic carbocycles. The SMILES string of the molecule is COc1cc(Nc2ccnc(Nc3ccccc3F)n2)cc(OC)c1OC. The van der Waals surface area contributed by atoms with E-state index in [1.54, 1.807) is 63.9 Å². The first-order chi connectivity index (χ1) is 13.1. The summed E-state index contributed by atoms with van der Waals surface area (Å²) >= 11 is 0. The monoisotopic (exact) mass is 370 g/mol. The molecule has 1 aromatic heterocycles. The van der Waals surface area contributed by atoms with Crippen molar-refractivity contribution in [3.05, 3.63) is 54.5 Å². The molecule has 0 atom stereocenters. The molecule has 0 saturated heterocycles. The summed E-state index contributed by atoms with van der Waals surface area (Å²) in [4.78, 5) is 8.46. The fourth-order valence-corrected chi connectivity index (χ4v) is 2.47. The second-order valence-electron chi connectivity index (χ2n) is 5.41. The van der Waals surface area contributed by atoms with Crippen molar-refractivity contribution < 1.29 is 18.6 Å². The molecule has 0 aliphatic rings. The number of para-hydroxylation sites is 1. The largest absolute Gasteiger partial charge is 0.493 e. The molecular formula is C19H19FN4O3. The maximum Gasteiger partial charge on any atom is 0.229 e. The van der Waals surface area contributed by atoms with Gasteiger partial charge in [0.05, 0.1) is 27.0 Å².